The van der Waals surface area contributed by atoms with Crippen LogP contribution in [0.5, 0.6) is 0 Å². The zero-order chi connectivity index (χ0) is 14.4. The smallest absolute Gasteiger partial charge is 0.0857 e. The first-order valence-corrected chi connectivity index (χ1v) is 8.00. The zero-order valence-electron chi connectivity index (χ0n) is 11.8. The number of nitrogens with zero attached hydrogens (tertiary/aromatic N) is 2. The number of methoxy groups -OCH3 is 1. The van der Waals surface area contributed by atoms with Gasteiger partial charge in [0.1, 0.15) is 0 Å². The molecule has 2 rings (SSSR count). The number of halogens is 1. The van der Waals surface area contributed by atoms with E-state index in [9.17, 15) is 0 Å². The Balaban J connectivity index is 2.30. The van der Waals surface area contributed by atoms with Crippen LogP contribution in [0.1, 0.15) is 30.0 Å². The zero-order valence-corrected chi connectivity index (χ0v) is 13.4. The van der Waals surface area contributed by atoms with Crippen LogP contribution in [0.15, 0.2) is 23.7 Å². The van der Waals surface area contributed by atoms with E-state index in [2.05, 4.69) is 34.9 Å². The fourth-order valence-electron chi connectivity index (χ4n) is 2.09. The first-order chi connectivity index (χ1) is 9.77. The summed E-state index contributed by atoms with van der Waals surface area (Å²) >= 11 is 8.08. The summed E-state index contributed by atoms with van der Waals surface area (Å²) in [5, 5.41) is 10.7. The largest absolute Gasteiger partial charge is 0.383 e. The molecule has 0 amide bonds. The summed E-state index contributed by atoms with van der Waals surface area (Å²) in [5.41, 5.74) is 1.01. The molecule has 0 saturated heterocycles. The van der Waals surface area contributed by atoms with E-state index in [1.165, 1.54) is 4.88 Å². The predicted octanol–water partition coefficient (Wildman–Crippen LogP) is 3.33. The second-order valence-electron chi connectivity index (χ2n) is 4.50. The van der Waals surface area contributed by atoms with Gasteiger partial charge in [-0.05, 0) is 24.4 Å². The lowest BCUT2D eigenvalue weighted by atomic mass is 10.1. The molecule has 0 radical (unpaired) electrons. The van der Waals surface area contributed by atoms with Crippen LogP contribution in [0, 0.1) is 0 Å². The number of thiophene rings is 1. The molecule has 2 aromatic rings. The van der Waals surface area contributed by atoms with Crippen LogP contribution < -0.4 is 5.32 Å². The SMILES string of the molecule is CCCNC(c1cccs1)c1c(Cl)cnn1CCOC. The highest BCUT2D eigenvalue weighted by Gasteiger charge is 2.22. The molecule has 0 bridgehead atoms. The lowest BCUT2D eigenvalue weighted by Crippen LogP contribution is -2.26. The normalized spacial score (nSPS) is 12.8. The van der Waals surface area contributed by atoms with Gasteiger partial charge in [-0.15, -0.1) is 11.3 Å². The van der Waals surface area contributed by atoms with E-state index in [-0.39, 0.29) is 6.04 Å². The van der Waals surface area contributed by atoms with Gasteiger partial charge in [-0.25, -0.2) is 0 Å². The fourth-order valence-corrected chi connectivity index (χ4v) is 3.14. The lowest BCUT2D eigenvalue weighted by Gasteiger charge is -2.19. The van der Waals surface area contributed by atoms with Gasteiger partial charge >= 0.3 is 0 Å². The Kier molecular flexibility index (Phi) is 6.04. The maximum atomic E-state index is 6.35. The maximum Gasteiger partial charge on any atom is 0.0857 e. The van der Waals surface area contributed by atoms with E-state index >= 15 is 0 Å². The topological polar surface area (TPSA) is 39.1 Å². The van der Waals surface area contributed by atoms with Gasteiger partial charge in [0.05, 0.1) is 36.1 Å². The second-order valence-corrected chi connectivity index (χ2v) is 5.88. The first-order valence-electron chi connectivity index (χ1n) is 6.74. The summed E-state index contributed by atoms with van der Waals surface area (Å²) in [6.45, 7) is 4.42. The van der Waals surface area contributed by atoms with E-state index in [1.54, 1.807) is 24.6 Å². The van der Waals surface area contributed by atoms with E-state index in [0.717, 1.165) is 18.7 Å². The highest BCUT2D eigenvalue weighted by atomic mass is 35.5. The molecule has 4 nitrogen and oxygen atoms in total. The van der Waals surface area contributed by atoms with Crippen molar-refractivity contribution < 1.29 is 4.74 Å². The van der Waals surface area contributed by atoms with Crippen molar-refractivity contribution in [3.05, 3.63) is 39.3 Å². The second kappa shape index (κ2) is 7.78. The molecule has 0 aliphatic carbocycles. The Morgan fingerprint density at radius 2 is 2.40 bits per heavy atom. The molecular formula is C14H20ClN3OS. The van der Waals surface area contributed by atoms with Gasteiger partial charge in [-0.2, -0.15) is 5.10 Å². The third kappa shape index (κ3) is 3.61. The van der Waals surface area contributed by atoms with Crippen molar-refractivity contribution in [2.75, 3.05) is 20.3 Å². The summed E-state index contributed by atoms with van der Waals surface area (Å²) in [7, 11) is 1.69. The first kappa shape index (κ1) is 15.5. The highest BCUT2D eigenvalue weighted by molar-refractivity contribution is 7.10. The van der Waals surface area contributed by atoms with Crippen LogP contribution >= 0.6 is 22.9 Å². The Hall–Kier alpha value is -0.880. The van der Waals surface area contributed by atoms with Gasteiger partial charge in [0.15, 0.2) is 0 Å². The third-order valence-electron chi connectivity index (χ3n) is 3.04. The third-order valence-corrected chi connectivity index (χ3v) is 4.27. The monoisotopic (exact) mass is 313 g/mol. The molecule has 6 heteroatoms. The van der Waals surface area contributed by atoms with Gasteiger partial charge in [0.25, 0.3) is 0 Å². The Morgan fingerprint density at radius 3 is 3.05 bits per heavy atom. The summed E-state index contributed by atoms with van der Waals surface area (Å²) in [4.78, 5) is 1.25. The molecule has 1 unspecified atom stereocenters. The molecule has 0 fully saturated rings. The van der Waals surface area contributed by atoms with E-state index in [1.807, 2.05) is 4.68 Å². The van der Waals surface area contributed by atoms with Gasteiger partial charge in [-0.1, -0.05) is 24.6 Å². The van der Waals surface area contributed by atoms with Crippen LogP contribution in [0.3, 0.4) is 0 Å². The van der Waals surface area contributed by atoms with Crippen molar-refractivity contribution in [3.63, 3.8) is 0 Å². The molecular weight excluding hydrogens is 294 g/mol. The van der Waals surface area contributed by atoms with Gasteiger partial charge < -0.3 is 10.1 Å². The van der Waals surface area contributed by atoms with Crippen LogP contribution in [0.2, 0.25) is 5.02 Å². The van der Waals surface area contributed by atoms with Crippen LogP contribution in [0.4, 0.5) is 0 Å². The van der Waals surface area contributed by atoms with Crippen molar-refractivity contribution in [2.24, 2.45) is 0 Å². The van der Waals surface area contributed by atoms with Crippen LogP contribution in [-0.2, 0) is 11.3 Å². The molecule has 2 aromatic heterocycles. The molecule has 0 saturated carbocycles. The number of hydrogen-bond donors (Lipinski definition) is 1. The maximum absolute atomic E-state index is 6.35. The molecule has 0 aromatic carbocycles. The number of ether oxygens (including phenoxy) is 1. The van der Waals surface area contributed by atoms with Crippen molar-refractivity contribution in [1.82, 2.24) is 15.1 Å². The standard InChI is InChI=1S/C14H20ClN3OS/c1-3-6-16-13(12-5-4-9-20-12)14-11(15)10-17-18(14)7-8-19-2/h4-5,9-10,13,16H,3,6-8H2,1-2H3. The van der Waals surface area contributed by atoms with Gasteiger partial charge in [0, 0.05) is 12.0 Å². The van der Waals surface area contributed by atoms with E-state index in [4.69, 9.17) is 16.3 Å². The Morgan fingerprint density at radius 1 is 1.55 bits per heavy atom. The molecule has 0 spiro atoms. The van der Waals surface area contributed by atoms with Gasteiger partial charge in [0.2, 0.25) is 0 Å². The minimum absolute atomic E-state index is 0.0850. The van der Waals surface area contributed by atoms with E-state index in [0.29, 0.717) is 18.2 Å². The summed E-state index contributed by atoms with van der Waals surface area (Å²) < 4.78 is 7.07. The molecule has 110 valence electrons. The summed E-state index contributed by atoms with van der Waals surface area (Å²) in [6, 6.07) is 4.27. The fraction of sp³-hybridized carbons (Fsp3) is 0.500. The number of aromatic nitrogens is 2. The van der Waals surface area contributed by atoms with Crippen molar-refractivity contribution in [2.45, 2.75) is 25.9 Å². The minimum atomic E-state index is 0.0850. The predicted molar refractivity (Wildman–Crippen MR) is 83.6 cm³/mol. The highest BCUT2D eigenvalue weighted by Crippen LogP contribution is 2.30. The number of hydrogen-bond acceptors (Lipinski definition) is 4. The summed E-state index contributed by atoms with van der Waals surface area (Å²) in [6.07, 6.45) is 2.78. The number of rotatable bonds is 8. The molecule has 0 aliphatic rings. The van der Waals surface area contributed by atoms with Crippen LogP contribution in [0.25, 0.3) is 0 Å². The van der Waals surface area contributed by atoms with Crippen LogP contribution in [-0.4, -0.2) is 30.0 Å². The van der Waals surface area contributed by atoms with Crippen molar-refractivity contribution in [3.8, 4) is 0 Å². The Labute approximate surface area is 128 Å². The van der Waals surface area contributed by atoms with Crippen molar-refractivity contribution >= 4 is 22.9 Å². The molecule has 2 heterocycles. The quantitative estimate of drug-likeness (QED) is 0.812. The summed E-state index contributed by atoms with van der Waals surface area (Å²) in [5.74, 6) is 0. The minimum Gasteiger partial charge on any atom is -0.383 e. The number of nitrogens with one attached hydrogen (secondary N) is 1. The average molecular weight is 314 g/mol. The molecule has 0 aliphatic heterocycles. The van der Waals surface area contributed by atoms with Crippen molar-refractivity contribution in [1.29, 1.82) is 0 Å². The molecule has 1 N–H and O–H groups in total. The Bertz CT molecular complexity index is 512. The van der Waals surface area contributed by atoms with E-state index < -0.39 is 0 Å². The lowest BCUT2D eigenvalue weighted by molar-refractivity contribution is 0.182. The molecule has 20 heavy (non-hydrogen) atoms. The average Bonchev–Trinajstić information content (AvgIpc) is 3.09. The van der Waals surface area contributed by atoms with Gasteiger partial charge in [-0.3, -0.25) is 4.68 Å². The molecule has 1 atom stereocenters.